The number of nitrogens with zero attached hydrogens (tertiary/aromatic N) is 7. The molecule has 5 aromatic rings. The van der Waals surface area contributed by atoms with Crippen molar-refractivity contribution in [1.29, 1.82) is 0 Å². The minimum atomic E-state index is 0.373. The van der Waals surface area contributed by atoms with E-state index in [-0.39, 0.29) is 0 Å². The third-order valence-electron chi connectivity index (χ3n) is 6.12. The molecule has 2 aromatic carbocycles. The first-order chi connectivity index (χ1) is 17.4. The molecule has 2 N–H and O–H groups in total. The van der Waals surface area contributed by atoms with Gasteiger partial charge in [-0.2, -0.15) is 5.10 Å². The Balaban J connectivity index is 1.40. The normalized spacial score (nSPS) is 11.6. The highest BCUT2D eigenvalue weighted by Gasteiger charge is 2.14. The zero-order valence-electron chi connectivity index (χ0n) is 21.3. The fourth-order valence-electron chi connectivity index (χ4n) is 4.44. The van der Waals surface area contributed by atoms with E-state index in [4.69, 9.17) is 4.98 Å². The van der Waals surface area contributed by atoms with Gasteiger partial charge < -0.3 is 15.5 Å². The van der Waals surface area contributed by atoms with Crippen LogP contribution in [-0.4, -0.2) is 61.8 Å². The standard InChI is InChI=1S/C27H31N9/c1-17(2)25-21-14-18(6-9-23(21)34-36(25)5)22-10-11-29-27(33-22)32-19-7-8-20-24(15-19)30-16-31-26(20)28-12-13-35(3)4/h6-11,14-17H,12-13H2,1-5H3,(H,28,30,31)(H,29,32,33). The van der Waals surface area contributed by atoms with Crippen LogP contribution in [0, 0.1) is 0 Å². The summed E-state index contributed by atoms with van der Waals surface area (Å²) in [4.78, 5) is 20.2. The Kier molecular flexibility index (Phi) is 6.47. The van der Waals surface area contributed by atoms with Crippen LogP contribution >= 0.6 is 0 Å². The summed E-state index contributed by atoms with van der Waals surface area (Å²) in [6.45, 7) is 6.11. The molecule has 0 amide bonds. The summed E-state index contributed by atoms with van der Waals surface area (Å²) < 4.78 is 1.97. The Morgan fingerprint density at radius 1 is 0.944 bits per heavy atom. The van der Waals surface area contributed by atoms with E-state index in [0.717, 1.165) is 57.7 Å². The quantitative estimate of drug-likeness (QED) is 0.326. The second kappa shape index (κ2) is 9.87. The summed E-state index contributed by atoms with van der Waals surface area (Å²) in [6, 6.07) is 14.2. The summed E-state index contributed by atoms with van der Waals surface area (Å²) in [7, 11) is 6.10. The lowest BCUT2D eigenvalue weighted by molar-refractivity contribution is 0.425. The first kappa shape index (κ1) is 23.6. The number of rotatable bonds is 8. The van der Waals surface area contributed by atoms with Crippen molar-refractivity contribution in [1.82, 2.24) is 34.6 Å². The van der Waals surface area contributed by atoms with Crippen LogP contribution in [0.2, 0.25) is 0 Å². The topological polar surface area (TPSA) is 96.7 Å². The van der Waals surface area contributed by atoms with Crippen molar-refractivity contribution >= 4 is 39.3 Å². The predicted molar refractivity (Wildman–Crippen MR) is 146 cm³/mol. The van der Waals surface area contributed by atoms with Gasteiger partial charge in [0.2, 0.25) is 5.95 Å². The Bertz CT molecular complexity index is 1520. The molecule has 0 radical (unpaired) electrons. The number of nitrogens with one attached hydrogen (secondary N) is 2. The van der Waals surface area contributed by atoms with Crippen molar-refractivity contribution in [3.8, 4) is 11.3 Å². The van der Waals surface area contributed by atoms with Crippen LogP contribution in [-0.2, 0) is 7.05 Å². The zero-order chi connectivity index (χ0) is 25.2. The van der Waals surface area contributed by atoms with Gasteiger partial charge in [0.05, 0.1) is 16.7 Å². The summed E-state index contributed by atoms with van der Waals surface area (Å²) in [5.74, 6) is 1.73. The molecule has 0 spiro atoms. The highest BCUT2D eigenvalue weighted by atomic mass is 15.3. The van der Waals surface area contributed by atoms with E-state index < -0.39 is 0 Å². The first-order valence-corrected chi connectivity index (χ1v) is 12.1. The Morgan fingerprint density at radius 3 is 2.61 bits per heavy atom. The van der Waals surface area contributed by atoms with E-state index in [1.54, 1.807) is 12.5 Å². The van der Waals surface area contributed by atoms with Gasteiger partial charge in [0.15, 0.2) is 0 Å². The van der Waals surface area contributed by atoms with Crippen molar-refractivity contribution < 1.29 is 0 Å². The van der Waals surface area contributed by atoms with E-state index in [1.807, 2.05) is 36.0 Å². The fourth-order valence-corrected chi connectivity index (χ4v) is 4.44. The minimum absolute atomic E-state index is 0.373. The summed E-state index contributed by atoms with van der Waals surface area (Å²) in [6.07, 6.45) is 3.36. The van der Waals surface area contributed by atoms with Crippen molar-refractivity contribution in [3.05, 3.63) is 60.7 Å². The largest absolute Gasteiger partial charge is 0.368 e. The second-order valence-electron chi connectivity index (χ2n) is 9.47. The lowest BCUT2D eigenvalue weighted by atomic mass is 10.0. The van der Waals surface area contributed by atoms with Crippen LogP contribution in [0.25, 0.3) is 33.1 Å². The van der Waals surface area contributed by atoms with Crippen molar-refractivity contribution in [3.63, 3.8) is 0 Å². The van der Waals surface area contributed by atoms with E-state index in [9.17, 15) is 0 Å². The number of aromatic nitrogens is 6. The van der Waals surface area contributed by atoms with Crippen molar-refractivity contribution in [2.24, 2.45) is 7.05 Å². The third-order valence-corrected chi connectivity index (χ3v) is 6.12. The molecule has 0 aliphatic rings. The van der Waals surface area contributed by atoms with E-state index in [0.29, 0.717) is 11.9 Å². The van der Waals surface area contributed by atoms with E-state index in [1.165, 1.54) is 5.69 Å². The molecule has 36 heavy (non-hydrogen) atoms. The number of likely N-dealkylation sites (N-methyl/N-ethyl adjacent to an activating group) is 1. The maximum atomic E-state index is 4.78. The molecular formula is C27H31N9. The van der Waals surface area contributed by atoms with Crippen molar-refractivity contribution in [2.45, 2.75) is 19.8 Å². The molecule has 0 aliphatic carbocycles. The monoisotopic (exact) mass is 481 g/mol. The lowest BCUT2D eigenvalue weighted by Crippen LogP contribution is -2.21. The van der Waals surface area contributed by atoms with E-state index >= 15 is 0 Å². The Labute approximate surface area is 210 Å². The van der Waals surface area contributed by atoms with Crippen LogP contribution in [0.4, 0.5) is 17.5 Å². The van der Waals surface area contributed by atoms with Gasteiger partial charge in [0.1, 0.15) is 12.1 Å². The number of fused-ring (bicyclic) bond motifs is 2. The van der Waals surface area contributed by atoms with Gasteiger partial charge in [-0.1, -0.05) is 19.9 Å². The number of hydrogen-bond acceptors (Lipinski definition) is 8. The number of benzene rings is 2. The molecule has 0 unspecified atom stereocenters. The van der Waals surface area contributed by atoms with Crippen LogP contribution < -0.4 is 10.6 Å². The fraction of sp³-hybridized carbons (Fsp3) is 0.296. The molecule has 0 saturated heterocycles. The maximum absolute atomic E-state index is 4.78. The highest BCUT2D eigenvalue weighted by molar-refractivity contribution is 5.91. The van der Waals surface area contributed by atoms with Crippen LogP contribution in [0.15, 0.2) is 55.0 Å². The minimum Gasteiger partial charge on any atom is -0.368 e. The molecule has 0 fully saturated rings. The zero-order valence-corrected chi connectivity index (χ0v) is 21.3. The van der Waals surface area contributed by atoms with Gasteiger partial charge in [0.25, 0.3) is 0 Å². The average molecular weight is 482 g/mol. The van der Waals surface area contributed by atoms with Crippen LogP contribution in [0.1, 0.15) is 25.5 Å². The predicted octanol–water partition coefficient (Wildman–Crippen LogP) is 4.81. The Morgan fingerprint density at radius 2 is 1.81 bits per heavy atom. The van der Waals surface area contributed by atoms with Crippen LogP contribution in [0.5, 0.6) is 0 Å². The molecule has 184 valence electrons. The van der Waals surface area contributed by atoms with Gasteiger partial charge in [-0.25, -0.2) is 19.9 Å². The lowest BCUT2D eigenvalue weighted by Gasteiger charge is -2.12. The molecule has 0 aliphatic heterocycles. The van der Waals surface area contributed by atoms with Gasteiger partial charge in [0, 0.05) is 54.1 Å². The van der Waals surface area contributed by atoms with Crippen LogP contribution in [0.3, 0.4) is 0 Å². The molecule has 0 atom stereocenters. The molecular weight excluding hydrogens is 450 g/mol. The second-order valence-corrected chi connectivity index (χ2v) is 9.47. The maximum Gasteiger partial charge on any atom is 0.227 e. The SMILES string of the molecule is CC(C)c1c2cc(-c3ccnc(Nc4ccc5c(NCCN(C)C)ncnc5c4)n3)ccc2nn1C. The number of aryl methyl sites for hydroxylation is 1. The van der Waals surface area contributed by atoms with Gasteiger partial charge >= 0.3 is 0 Å². The smallest absolute Gasteiger partial charge is 0.227 e. The molecule has 9 nitrogen and oxygen atoms in total. The molecule has 9 heteroatoms. The summed E-state index contributed by atoms with van der Waals surface area (Å²) in [5.41, 5.74) is 5.80. The van der Waals surface area contributed by atoms with Gasteiger partial charge in [-0.3, -0.25) is 4.68 Å². The van der Waals surface area contributed by atoms with Gasteiger partial charge in [-0.05, 0) is 56.4 Å². The Hall–Kier alpha value is -4.11. The number of anilines is 3. The van der Waals surface area contributed by atoms with E-state index in [2.05, 4.69) is 81.7 Å². The summed E-state index contributed by atoms with van der Waals surface area (Å²) >= 11 is 0. The number of hydrogen-bond donors (Lipinski definition) is 2. The third kappa shape index (κ3) is 4.83. The van der Waals surface area contributed by atoms with Gasteiger partial charge in [-0.15, -0.1) is 0 Å². The average Bonchev–Trinajstić information content (AvgIpc) is 3.19. The molecule has 5 rings (SSSR count). The highest BCUT2D eigenvalue weighted by Crippen LogP contribution is 2.30. The van der Waals surface area contributed by atoms with Crippen molar-refractivity contribution in [2.75, 3.05) is 37.8 Å². The molecule has 3 aromatic heterocycles. The molecule has 0 bridgehead atoms. The molecule has 0 saturated carbocycles. The first-order valence-electron chi connectivity index (χ1n) is 12.1. The molecule has 3 heterocycles. The summed E-state index contributed by atoms with van der Waals surface area (Å²) in [5, 5.41) is 13.5.